The molecule has 8 heteroatoms. The lowest BCUT2D eigenvalue weighted by molar-refractivity contribution is -0.0283. The van der Waals surface area contributed by atoms with Gasteiger partial charge in [0.2, 0.25) is 0 Å². The van der Waals surface area contributed by atoms with Crippen molar-refractivity contribution in [3.8, 4) is 11.4 Å². The standard InChI is InChI=1S/C26H29FN4O3/c1-19-16-30(18-28-19)23-11-5-20(15-24(23)32-3)6-12-25(29-33-4)31-13-14-34-17-26(31,2)21-7-9-22(27)10-8-21/h5-12,15-16,18H,13-14,17H2,1-4H3/b12-6+,29-25+. The van der Waals surface area contributed by atoms with Crippen LogP contribution in [0, 0.1) is 12.7 Å². The van der Waals surface area contributed by atoms with Crippen LogP contribution >= 0.6 is 0 Å². The van der Waals surface area contributed by atoms with Crippen molar-refractivity contribution < 1.29 is 18.7 Å². The van der Waals surface area contributed by atoms with E-state index in [1.807, 2.05) is 48.0 Å². The number of amidine groups is 1. The van der Waals surface area contributed by atoms with E-state index in [1.54, 1.807) is 25.6 Å². The van der Waals surface area contributed by atoms with Gasteiger partial charge in [0.05, 0.1) is 43.6 Å². The predicted molar refractivity (Wildman–Crippen MR) is 130 cm³/mol. The second-order valence-corrected chi connectivity index (χ2v) is 8.30. The number of ether oxygens (including phenoxy) is 2. The Morgan fingerprint density at radius 1 is 1.21 bits per heavy atom. The number of methoxy groups -OCH3 is 1. The molecule has 178 valence electrons. The number of halogens is 1. The molecule has 3 aromatic rings. The summed E-state index contributed by atoms with van der Waals surface area (Å²) in [5, 5.41) is 4.29. The first kappa shape index (κ1) is 23.5. The Morgan fingerprint density at radius 3 is 2.68 bits per heavy atom. The molecule has 34 heavy (non-hydrogen) atoms. The highest BCUT2D eigenvalue weighted by Gasteiger charge is 2.38. The van der Waals surface area contributed by atoms with Gasteiger partial charge in [-0.3, -0.25) is 0 Å². The van der Waals surface area contributed by atoms with Crippen LogP contribution in [0.3, 0.4) is 0 Å². The van der Waals surface area contributed by atoms with Crippen LogP contribution in [0.15, 0.2) is 66.2 Å². The van der Waals surface area contributed by atoms with Gasteiger partial charge in [0, 0.05) is 12.7 Å². The number of rotatable bonds is 6. The summed E-state index contributed by atoms with van der Waals surface area (Å²) in [6, 6.07) is 12.5. The third-order valence-corrected chi connectivity index (χ3v) is 5.98. The van der Waals surface area contributed by atoms with E-state index < -0.39 is 5.54 Å². The van der Waals surface area contributed by atoms with Crippen molar-refractivity contribution in [2.45, 2.75) is 19.4 Å². The van der Waals surface area contributed by atoms with E-state index in [2.05, 4.69) is 22.0 Å². The summed E-state index contributed by atoms with van der Waals surface area (Å²) in [5.41, 5.74) is 3.18. The maximum atomic E-state index is 13.5. The molecule has 0 radical (unpaired) electrons. The Morgan fingerprint density at radius 2 is 2.00 bits per heavy atom. The number of oxime groups is 1. The molecule has 1 saturated heterocycles. The number of nitrogens with zero attached hydrogens (tertiary/aromatic N) is 4. The quantitative estimate of drug-likeness (QED) is 0.304. The predicted octanol–water partition coefficient (Wildman–Crippen LogP) is 4.55. The van der Waals surface area contributed by atoms with E-state index in [0.717, 1.165) is 28.3 Å². The van der Waals surface area contributed by atoms with E-state index in [1.165, 1.54) is 19.2 Å². The first-order valence-corrected chi connectivity index (χ1v) is 11.0. The van der Waals surface area contributed by atoms with Gasteiger partial charge in [0.25, 0.3) is 0 Å². The van der Waals surface area contributed by atoms with Gasteiger partial charge in [-0.15, -0.1) is 0 Å². The topological polar surface area (TPSA) is 61.1 Å². The van der Waals surface area contributed by atoms with E-state index in [0.29, 0.717) is 25.6 Å². The first-order valence-electron chi connectivity index (χ1n) is 11.0. The normalized spacial score (nSPS) is 19.0. The molecule has 1 fully saturated rings. The number of aromatic nitrogens is 2. The van der Waals surface area contributed by atoms with Crippen molar-refractivity contribution in [3.63, 3.8) is 0 Å². The van der Waals surface area contributed by atoms with Crippen molar-refractivity contribution in [2.75, 3.05) is 34.0 Å². The lowest BCUT2D eigenvalue weighted by Crippen LogP contribution is -2.54. The van der Waals surface area contributed by atoms with Crippen LogP contribution in [-0.2, 0) is 15.1 Å². The molecule has 7 nitrogen and oxygen atoms in total. The molecule has 2 aromatic carbocycles. The second kappa shape index (κ2) is 10.1. The third-order valence-electron chi connectivity index (χ3n) is 5.98. The van der Waals surface area contributed by atoms with Crippen molar-refractivity contribution in [1.82, 2.24) is 14.5 Å². The van der Waals surface area contributed by atoms with Crippen LogP contribution in [0.2, 0.25) is 0 Å². The summed E-state index contributed by atoms with van der Waals surface area (Å²) in [6.45, 7) is 5.62. The Balaban J connectivity index is 1.64. The maximum absolute atomic E-state index is 13.5. The number of hydrogen-bond donors (Lipinski definition) is 0. The molecule has 2 heterocycles. The van der Waals surface area contributed by atoms with Crippen molar-refractivity contribution in [2.24, 2.45) is 5.16 Å². The van der Waals surface area contributed by atoms with Crippen LogP contribution < -0.4 is 4.74 Å². The van der Waals surface area contributed by atoms with Crippen LogP contribution in [-0.4, -0.2) is 54.3 Å². The largest absolute Gasteiger partial charge is 0.495 e. The summed E-state index contributed by atoms with van der Waals surface area (Å²) in [4.78, 5) is 11.6. The van der Waals surface area contributed by atoms with E-state index in [9.17, 15) is 4.39 Å². The molecular weight excluding hydrogens is 435 g/mol. The summed E-state index contributed by atoms with van der Waals surface area (Å²) in [6.07, 6.45) is 7.59. The average molecular weight is 465 g/mol. The number of aryl methyl sites for hydroxylation is 1. The highest BCUT2D eigenvalue weighted by atomic mass is 19.1. The SMILES string of the molecule is CO/N=C(\C=C\c1ccc(-n2cnc(C)c2)c(OC)c1)N1CCOCC1(C)c1ccc(F)cc1. The minimum Gasteiger partial charge on any atom is -0.495 e. The first-order chi connectivity index (χ1) is 16.4. The lowest BCUT2D eigenvalue weighted by atomic mass is 9.89. The molecule has 0 N–H and O–H groups in total. The second-order valence-electron chi connectivity index (χ2n) is 8.30. The van der Waals surface area contributed by atoms with Gasteiger partial charge in [-0.1, -0.05) is 29.4 Å². The summed E-state index contributed by atoms with van der Waals surface area (Å²) >= 11 is 0. The number of hydrogen-bond acceptors (Lipinski definition) is 5. The fraction of sp³-hybridized carbons (Fsp3) is 0.308. The molecule has 0 amide bonds. The van der Waals surface area contributed by atoms with E-state index in [4.69, 9.17) is 14.3 Å². The molecular formula is C26H29FN4O3. The zero-order chi connectivity index (χ0) is 24.1. The molecule has 0 saturated carbocycles. The average Bonchev–Trinajstić information content (AvgIpc) is 3.28. The number of morpholine rings is 1. The van der Waals surface area contributed by atoms with Gasteiger partial charge < -0.3 is 23.8 Å². The van der Waals surface area contributed by atoms with Gasteiger partial charge in [-0.25, -0.2) is 9.37 Å². The molecule has 0 aliphatic carbocycles. The molecule has 1 aliphatic heterocycles. The van der Waals surface area contributed by atoms with Crippen LogP contribution in [0.4, 0.5) is 4.39 Å². The maximum Gasteiger partial charge on any atom is 0.169 e. The van der Waals surface area contributed by atoms with Crippen LogP contribution in [0.1, 0.15) is 23.7 Å². The van der Waals surface area contributed by atoms with Crippen molar-refractivity contribution >= 4 is 11.9 Å². The number of benzene rings is 2. The summed E-state index contributed by atoms with van der Waals surface area (Å²) in [7, 11) is 3.17. The molecule has 1 atom stereocenters. The Bertz CT molecular complexity index is 1190. The van der Waals surface area contributed by atoms with Crippen LogP contribution in [0.25, 0.3) is 11.8 Å². The van der Waals surface area contributed by atoms with Gasteiger partial charge in [0.15, 0.2) is 5.84 Å². The Kier molecular flexibility index (Phi) is 6.98. The zero-order valence-electron chi connectivity index (χ0n) is 19.9. The lowest BCUT2D eigenvalue weighted by Gasteiger charge is -2.45. The molecule has 1 aliphatic rings. The fourth-order valence-electron chi connectivity index (χ4n) is 4.17. The monoisotopic (exact) mass is 464 g/mol. The van der Waals surface area contributed by atoms with Gasteiger partial charge in [-0.05, 0) is 55.3 Å². The van der Waals surface area contributed by atoms with E-state index >= 15 is 0 Å². The highest BCUT2D eigenvalue weighted by Crippen LogP contribution is 2.32. The van der Waals surface area contributed by atoms with Gasteiger partial charge in [0.1, 0.15) is 18.7 Å². The minimum atomic E-state index is -0.533. The number of imidazole rings is 1. The van der Waals surface area contributed by atoms with E-state index in [-0.39, 0.29) is 5.82 Å². The minimum absolute atomic E-state index is 0.274. The third kappa shape index (κ3) is 4.82. The Labute approximate surface area is 199 Å². The summed E-state index contributed by atoms with van der Waals surface area (Å²) < 4.78 is 26.9. The molecule has 0 spiro atoms. The Hall–Kier alpha value is -3.65. The van der Waals surface area contributed by atoms with Gasteiger partial charge >= 0.3 is 0 Å². The highest BCUT2D eigenvalue weighted by molar-refractivity contribution is 5.97. The van der Waals surface area contributed by atoms with Crippen molar-refractivity contribution in [1.29, 1.82) is 0 Å². The van der Waals surface area contributed by atoms with Crippen LogP contribution in [0.5, 0.6) is 5.75 Å². The zero-order valence-corrected chi connectivity index (χ0v) is 19.9. The smallest absolute Gasteiger partial charge is 0.169 e. The van der Waals surface area contributed by atoms with Crippen molar-refractivity contribution in [3.05, 3.63) is 83.7 Å². The van der Waals surface area contributed by atoms with Gasteiger partial charge in [-0.2, -0.15) is 0 Å². The fourth-order valence-corrected chi connectivity index (χ4v) is 4.17. The molecule has 4 rings (SSSR count). The molecule has 1 unspecified atom stereocenters. The summed E-state index contributed by atoms with van der Waals surface area (Å²) in [5.74, 6) is 1.10. The molecule has 1 aromatic heterocycles. The molecule has 0 bridgehead atoms.